The van der Waals surface area contributed by atoms with Crippen LogP contribution >= 0.6 is 0 Å². The maximum absolute atomic E-state index is 13.2. The molecule has 4 rings (SSSR count). The Kier molecular flexibility index (Phi) is 7.17. The van der Waals surface area contributed by atoms with Gasteiger partial charge in [0.15, 0.2) is 0 Å². The van der Waals surface area contributed by atoms with E-state index in [0.29, 0.717) is 30.1 Å². The van der Waals surface area contributed by atoms with Gasteiger partial charge in [-0.2, -0.15) is 0 Å². The highest BCUT2D eigenvalue weighted by Crippen LogP contribution is 2.35. The Hall–Kier alpha value is -3.18. The first-order chi connectivity index (χ1) is 15.7. The van der Waals surface area contributed by atoms with Gasteiger partial charge in [0.05, 0.1) is 6.04 Å². The fourth-order valence-electron chi connectivity index (χ4n) is 4.59. The number of carbonyl (C=O) groups is 1. The summed E-state index contributed by atoms with van der Waals surface area (Å²) in [5, 5.41) is 14.4. The van der Waals surface area contributed by atoms with E-state index in [9.17, 15) is 9.90 Å². The molecule has 0 aliphatic heterocycles. The van der Waals surface area contributed by atoms with Gasteiger partial charge in [-0.1, -0.05) is 60.7 Å². The highest BCUT2D eigenvalue weighted by Gasteiger charge is 2.29. The third kappa shape index (κ3) is 5.17. The number of carbonyl (C=O) groups excluding carboxylic acids is 1. The van der Waals surface area contributed by atoms with Crippen molar-refractivity contribution in [2.45, 2.75) is 38.1 Å². The van der Waals surface area contributed by atoms with Gasteiger partial charge in [-0.25, -0.2) is 0 Å². The average Bonchev–Trinajstić information content (AvgIpc) is 2.85. The van der Waals surface area contributed by atoms with Crippen molar-refractivity contribution < 1.29 is 9.90 Å². The van der Waals surface area contributed by atoms with Gasteiger partial charge in [0.25, 0.3) is 0 Å². The molecule has 1 fully saturated rings. The molecule has 166 valence electrons. The Morgan fingerprint density at radius 1 is 1.00 bits per heavy atom. The third-order valence-electron chi connectivity index (χ3n) is 6.52. The minimum Gasteiger partial charge on any atom is -0.505 e. The zero-order chi connectivity index (χ0) is 22.3. The second-order valence-electron chi connectivity index (χ2n) is 8.66. The van der Waals surface area contributed by atoms with Gasteiger partial charge in [0.1, 0.15) is 11.4 Å². The SMILES string of the molecule is NCC1CCC(C(=O)NC(Cc2ccccc2)c2nccc(-c3ccccc3)c2O)CC1. The van der Waals surface area contributed by atoms with Crippen LogP contribution in [0.15, 0.2) is 72.9 Å². The molecule has 1 saturated carbocycles. The van der Waals surface area contributed by atoms with Crippen molar-refractivity contribution in [3.8, 4) is 16.9 Å². The topological polar surface area (TPSA) is 88.2 Å². The van der Waals surface area contributed by atoms with E-state index in [1.54, 1.807) is 6.20 Å². The molecule has 5 nitrogen and oxygen atoms in total. The predicted molar refractivity (Wildman–Crippen MR) is 127 cm³/mol. The van der Waals surface area contributed by atoms with E-state index in [2.05, 4.69) is 10.3 Å². The number of hydrogen-bond acceptors (Lipinski definition) is 4. The van der Waals surface area contributed by atoms with Crippen LogP contribution in [-0.4, -0.2) is 22.5 Å². The number of aromatic hydroxyl groups is 1. The number of nitrogens with two attached hydrogens (primary N) is 1. The molecule has 1 aromatic heterocycles. The molecule has 3 aromatic rings. The molecule has 1 atom stereocenters. The van der Waals surface area contributed by atoms with Crippen LogP contribution in [0.2, 0.25) is 0 Å². The van der Waals surface area contributed by atoms with E-state index in [1.807, 2.05) is 66.7 Å². The van der Waals surface area contributed by atoms with Crippen LogP contribution in [0, 0.1) is 11.8 Å². The Morgan fingerprint density at radius 3 is 2.31 bits per heavy atom. The molecule has 0 saturated heterocycles. The Balaban J connectivity index is 1.61. The smallest absolute Gasteiger partial charge is 0.223 e. The normalized spacial score (nSPS) is 19.3. The molecule has 1 aliphatic carbocycles. The van der Waals surface area contributed by atoms with Gasteiger partial charge in [-0.15, -0.1) is 0 Å². The number of hydrogen-bond donors (Lipinski definition) is 3. The lowest BCUT2D eigenvalue weighted by Gasteiger charge is -2.29. The molecule has 1 aliphatic rings. The second-order valence-corrected chi connectivity index (χ2v) is 8.66. The summed E-state index contributed by atoms with van der Waals surface area (Å²) in [4.78, 5) is 17.7. The number of nitrogens with zero attached hydrogens (tertiary/aromatic N) is 1. The van der Waals surface area contributed by atoms with Crippen molar-refractivity contribution in [1.82, 2.24) is 10.3 Å². The Bertz CT molecular complexity index is 1020. The van der Waals surface area contributed by atoms with Gasteiger partial charge >= 0.3 is 0 Å². The maximum atomic E-state index is 13.2. The van der Waals surface area contributed by atoms with Crippen molar-refractivity contribution in [3.63, 3.8) is 0 Å². The van der Waals surface area contributed by atoms with Crippen molar-refractivity contribution in [2.24, 2.45) is 17.6 Å². The highest BCUT2D eigenvalue weighted by atomic mass is 16.3. The molecule has 0 radical (unpaired) electrons. The molecule has 32 heavy (non-hydrogen) atoms. The standard InChI is InChI=1S/C27H31N3O2/c28-18-20-11-13-22(14-12-20)27(32)30-24(17-19-7-3-1-4-8-19)25-26(31)23(15-16-29-25)21-9-5-2-6-10-21/h1-10,15-16,20,22,24,31H,11-14,17-18,28H2,(H,30,32). The molecule has 0 spiro atoms. The van der Waals surface area contributed by atoms with Crippen LogP contribution in [0.1, 0.15) is 43.0 Å². The summed E-state index contributed by atoms with van der Waals surface area (Å²) >= 11 is 0. The van der Waals surface area contributed by atoms with Gasteiger partial charge in [0.2, 0.25) is 5.91 Å². The third-order valence-corrected chi connectivity index (χ3v) is 6.52. The zero-order valence-electron chi connectivity index (χ0n) is 18.3. The minimum absolute atomic E-state index is 0.0180. The molecule has 1 amide bonds. The molecular weight excluding hydrogens is 398 g/mol. The van der Waals surface area contributed by atoms with Crippen molar-refractivity contribution in [3.05, 3.63) is 84.2 Å². The number of pyridine rings is 1. The summed E-state index contributed by atoms with van der Waals surface area (Å²) in [6.07, 6.45) is 5.96. The second kappa shape index (κ2) is 10.4. The summed E-state index contributed by atoms with van der Waals surface area (Å²) in [6, 6.07) is 21.1. The molecule has 0 bridgehead atoms. The van der Waals surface area contributed by atoms with Gasteiger partial charge in [-0.3, -0.25) is 9.78 Å². The molecule has 1 unspecified atom stereocenters. The number of nitrogens with one attached hydrogen (secondary N) is 1. The summed E-state index contributed by atoms with van der Waals surface area (Å²) in [5.74, 6) is 0.655. The highest BCUT2D eigenvalue weighted by molar-refractivity contribution is 5.79. The zero-order valence-corrected chi connectivity index (χ0v) is 18.3. The van der Waals surface area contributed by atoms with Crippen LogP contribution in [0.5, 0.6) is 5.75 Å². The average molecular weight is 430 g/mol. The van der Waals surface area contributed by atoms with Crippen LogP contribution in [-0.2, 0) is 11.2 Å². The first kappa shape index (κ1) is 22.0. The number of amides is 1. The van der Waals surface area contributed by atoms with Crippen LogP contribution < -0.4 is 11.1 Å². The van der Waals surface area contributed by atoms with Gasteiger partial charge in [-0.05, 0) is 61.8 Å². The quantitative estimate of drug-likeness (QED) is 0.511. The molecule has 1 heterocycles. The lowest BCUT2D eigenvalue weighted by Crippen LogP contribution is -2.37. The van der Waals surface area contributed by atoms with Gasteiger partial charge < -0.3 is 16.2 Å². The van der Waals surface area contributed by atoms with Crippen LogP contribution in [0.4, 0.5) is 0 Å². The minimum atomic E-state index is -0.416. The first-order valence-corrected chi connectivity index (χ1v) is 11.4. The van der Waals surface area contributed by atoms with E-state index < -0.39 is 6.04 Å². The van der Waals surface area contributed by atoms with Crippen molar-refractivity contribution in [1.29, 1.82) is 0 Å². The summed E-state index contributed by atoms with van der Waals surface area (Å²) in [7, 11) is 0. The number of rotatable bonds is 7. The van der Waals surface area contributed by atoms with E-state index in [0.717, 1.165) is 36.8 Å². The lowest BCUT2D eigenvalue weighted by atomic mass is 9.81. The maximum Gasteiger partial charge on any atom is 0.223 e. The van der Waals surface area contributed by atoms with E-state index in [1.165, 1.54) is 0 Å². The number of aromatic nitrogens is 1. The van der Waals surface area contributed by atoms with E-state index in [4.69, 9.17) is 5.73 Å². The first-order valence-electron chi connectivity index (χ1n) is 11.4. The lowest BCUT2D eigenvalue weighted by molar-refractivity contribution is -0.127. The number of benzene rings is 2. The fourth-order valence-corrected chi connectivity index (χ4v) is 4.59. The van der Waals surface area contributed by atoms with E-state index in [-0.39, 0.29) is 17.6 Å². The van der Waals surface area contributed by atoms with Crippen LogP contribution in [0.3, 0.4) is 0 Å². The van der Waals surface area contributed by atoms with Crippen molar-refractivity contribution >= 4 is 5.91 Å². The van der Waals surface area contributed by atoms with E-state index >= 15 is 0 Å². The van der Waals surface area contributed by atoms with Crippen molar-refractivity contribution in [2.75, 3.05) is 6.54 Å². The largest absolute Gasteiger partial charge is 0.505 e. The Morgan fingerprint density at radius 2 is 1.66 bits per heavy atom. The molecule has 5 heteroatoms. The summed E-state index contributed by atoms with van der Waals surface area (Å²) in [6.45, 7) is 0.690. The Labute approximate surface area is 189 Å². The molecular formula is C27H31N3O2. The summed E-state index contributed by atoms with van der Waals surface area (Å²) < 4.78 is 0. The van der Waals surface area contributed by atoms with Gasteiger partial charge in [0, 0.05) is 17.7 Å². The summed E-state index contributed by atoms with van der Waals surface area (Å²) in [5.41, 5.74) is 9.02. The predicted octanol–water partition coefficient (Wildman–Crippen LogP) is 4.62. The molecule has 4 N–H and O–H groups in total. The fraction of sp³-hybridized carbons (Fsp3) is 0.333. The monoisotopic (exact) mass is 429 g/mol. The van der Waals surface area contributed by atoms with Crippen LogP contribution in [0.25, 0.3) is 11.1 Å². The molecule has 2 aromatic carbocycles.